The van der Waals surface area contributed by atoms with Gasteiger partial charge in [-0.3, -0.25) is 9.59 Å². The van der Waals surface area contributed by atoms with Crippen LogP contribution in [0.2, 0.25) is 0 Å². The second-order valence-corrected chi connectivity index (χ2v) is 4.94. The minimum Gasteiger partial charge on any atom is -0.466 e. The molecule has 25 heavy (non-hydrogen) atoms. The molecule has 1 unspecified atom stereocenters. The van der Waals surface area contributed by atoms with Crippen molar-refractivity contribution in [3.63, 3.8) is 0 Å². The molecule has 136 valence electrons. The van der Waals surface area contributed by atoms with Crippen molar-refractivity contribution < 1.29 is 28.6 Å². The second kappa shape index (κ2) is 10.2. The average molecular weight is 350 g/mol. The summed E-state index contributed by atoms with van der Waals surface area (Å²) in [6.07, 6.45) is -0.422. The average Bonchev–Trinajstić information content (AvgIpc) is 2.58. The highest BCUT2D eigenvalue weighted by Crippen LogP contribution is 2.26. The van der Waals surface area contributed by atoms with E-state index in [1.54, 1.807) is 44.2 Å². The van der Waals surface area contributed by atoms with Gasteiger partial charge in [-0.25, -0.2) is 4.79 Å². The summed E-state index contributed by atoms with van der Waals surface area (Å²) in [5.41, 5.74) is -1.58. The first-order valence-electron chi connectivity index (χ1n) is 7.94. The number of rotatable bonds is 9. The predicted molar refractivity (Wildman–Crippen MR) is 88.0 cm³/mol. The largest absolute Gasteiger partial charge is 0.466 e. The number of carbonyl (C=O) groups excluding carboxylic acids is 3. The molecule has 0 spiro atoms. The Balaban J connectivity index is 3.13. The molecule has 8 nitrogen and oxygen atoms in total. The second-order valence-electron chi connectivity index (χ2n) is 4.94. The molecule has 0 saturated heterocycles. The van der Waals surface area contributed by atoms with E-state index >= 15 is 0 Å². The summed E-state index contributed by atoms with van der Waals surface area (Å²) < 4.78 is 14.9. The number of hydrogen-bond donors (Lipinski definition) is 0. The van der Waals surface area contributed by atoms with Gasteiger partial charge in [0.15, 0.2) is 0 Å². The van der Waals surface area contributed by atoms with Crippen molar-refractivity contribution in [3.8, 4) is 0 Å². The Kier molecular flexibility index (Phi) is 8.25. The standard InChI is InChI=1S/C17H22N2O6/c1-4-23-15(21)11-12-17(25-13(3)20,16(22)24-5-2)19-18-14-9-7-6-8-10-14/h6-10H,4-5,11-12H2,1-3H3. The fourth-order valence-electron chi connectivity index (χ4n) is 1.93. The molecular weight excluding hydrogens is 328 g/mol. The zero-order chi connectivity index (χ0) is 18.7. The topological polar surface area (TPSA) is 104 Å². The highest BCUT2D eigenvalue weighted by molar-refractivity contribution is 5.83. The van der Waals surface area contributed by atoms with Crippen molar-refractivity contribution in [2.45, 2.75) is 39.3 Å². The van der Waals surface area contributed by atoms with Crippen molar-refractivity contribution in [2.24, 2.45) is 10.2 Å². The number of azo groups is 1. The molecule has 8 heteroatoms. The van der Waals surface area contributed by atoms with Gasteiger partial charge in [0.05, 0.1) is 25.3 Å². The van der Waals surface area contributed by atoms with E-state index in [0.29, 0.717) is 5.69 Å². The lowest BCUT2D eigenvalue weighted by molar-refractivity contribution is -0.183. The van der Waals surface area contributed by atoms with Crippen LogP contribution in [-0.4, -0.2) is 36.8 Å². The van der Waals surface area contributed by atoms with Crippen LogP contribution in [0.15, 0.2) is 40.6 Å². The molecule has 0 aromatic heterocycles. The van der Waals surface area contributed by atoms with Crippen molar-refractivity contribution in [3.05, 3.63) is 30.3 Å². The highest BCUT2D eigenvalue weighted by atomic mass is 16.6. The fraction of sp³-hybridized carbons (Fsp3) is 0.471. The molecule has 0 amide bonds. The lowest BCUT2D eigenvalue weighted by atomic mass is 10.1. The van der Waals surface area contributed by atoms with E-state index in [-0.39, 0.29) is 26.1 Å². The molecule has 0 bridgehead atoms. The molecule has 0 heterocycles. The van der Waals surface area contributed by atoms with Gasteiger partial charge in [0.1, 0.15) is 0 Å². The van der Waals surface area contributed by atoms with Gasteiger partial charge in [-0.1, -0.05) is 18.2 Å². The van der Waals surface area contributed by atoms with Gasteiger partial charge in [0, 0.05) is 13.3 Å². The fourth-order valence-corrected chi connectivity index (χ4v) is 1.93. The molecule has 0 aliphatic carbocycles. The molecule has 0 N–H and O–H groups in total. The molecule has 1 atom stereocenters. The first kappa shape index (κ1) is 20.3. The van der Waals surface area contributed by atoms with E-state index < -0.39 is 23.6 Å². The van der Waals surface area contributed by atoms with Gasteiger partial charge in [0.2, 0.25) is 0 Å². The molecule has 1 aromatic carbocycles. The van der Waals surface area contributed by atoms with E-state index in [1.165, 1.54) is 0 Å². The van der Waals surface area contributed by atoms with Gasteiger partial charge < -0.3 is 14.2 Å². The van der Waals surface area contributed by atoms with Crippen LogP contribution in [0.3, 0.4) is 0 Å². The molecule has 0 aliphatic rings. The maximum atomic E-state index is 12.4. The van der Waals surface area contributed by atoms with Crippen molar-refractivity contribution in [1.82, 2.24) is 0 Å². The first-order chi connectivity index (χ1) is 11.9. The van der Waals surface area contributed by atoms with Crippen LogP contribution >= 0.6 is 0 Å². The molecule has 0 aliphatic heterocycles. The third-order valence-corrected chi connectivity index (χ3v) is 2.96. The monoisotopic (exact) mass is 350 g/mol. The Hall–Kier alpha value is -2.77. The molecular formula is C17H22N2O6. The minimum absolute atomic E-state index is 0.0577. The summed E-state index contributed by atoms with van der Waals surface area (Å²) >= 11 is 0. The summed E-state index contributed by atoms with van der Waals surface area (Å²) in [6, 6.07) is 8.61. The van der Waals surface area contributed by atoms with Gasteiger partial charge in [-0.05, 0) is 26.0 Å². The Labute approximate surface area is 146 Å². The van der Waals surface area contributed by atoms with Gasteiger partial charge >= 0.3 is 23.6 Å². The number of benzene rings is 1. The summed E-state index contributed by atoms with van der Waals surface area (Å²) in [5.74, 6) is -2.18. The maximum absolute atomic E-state index is 12.4. The van der Waals surface area contributed by atoms with Crippen LogP contribution in [0.4, 0.5) is 5.69 Å². The number of carbonyl (C=O) groups is 3. The Morgan fingerprint density at radius 2 is 1.68 bits per heavy atom. The van der Waals surface area contributed by atoms with E-state index in [9.17, 15) is 14.4 Å². The number of hydrogen-bond acceptors (Lipinski definition) is 8. The Bertz CT molecular complexity index is 617. The minimum atomic E-state index is -2.04. The third kappa shape index (κ3) is 6.70. The quantitative estimate of drug-likeness (QED) is 0.385. The normalized spacial score (nSPS) is 13.1. The predicted octanol–water partition coefficient (Wildman–Crippen LogP) is 2.94. The van der Waals surface area contributed by atoms with Crippen LogP contribution in [0.1, 0.15) is 33.6 Å². The van der Waals surface area contributed by atoms with Gasteiger partial charge in [-0.15, -0.1) is 5.11 Å². The highest BCUT2D eigenvalue weighted by Gasteiger charge is 2.45. The summed E-state index contributed by atoms with van der Waals surface area (Å²) in [7, 11) is 0. The zero-order valence-corrected chi connectivity index (χ0v) is 14.6. The maximum Gasteiger partial charge on any atom is 0.376 e. The summed E-state index contributed by atoms with van der Waals surface area (Å²) in [6.45, 7) is 4.66. The number of ether oxygens (including phenoxy) is 3. The van der Waals surface area contributed by atoms with E-state index in [0.717, 1.165) is 6.92 Å². The summed E-state index contributed by atoms with van der Waals surface area (Å²) in [4.78, 5) is 35.5. The number of esters is 3. The van der Waals surface area contributed by atoms with Crippen molar-refractivity contribution in [2.75, 3.05) is 13.2 Å². The molecule has 1 aromatic rings. The van der Waals surface area contributed by atoms with Crippen LogP contribution in [0.5, 0.6) is 0 Å². The van der Waals surface area contributed by atoms with Crippen LogP contribution < -0.4 is 0 Å². The lowest BCUT2D eigenvalue weighted by Gasteiger charge is -2.25. The Morgan fingerprint density at radius 1 is 1.04 bits per heavy atom. The van der Waals surface area contributed by atoms with Gasteiger partial charge in [-0.2, -0.15) is 5.11 Å². The smallest absolute Gasteiger partial charge is 0.376 e. The van der Waals surface area contributed by atoms with E-state index in [2.05, 4.69) is 10.2 Å². The van der Waals surface area contributed by atoms with E-state index in [1.807, 2.05) is 0 Å². The molecule has 1 rings (SSSR count). The SMILES string of the molecule is CCOC(=O)CCC(N=Nc1ccccc1)(OC(C)=O)C(=O)OCC. The van der Waals surface area contributed by atoms with Crippen LogP contribution in [0.25, 0.3) is 0 Å². The third-order valence-electron chi connectivity index (χ3n) is 2.96. The zero-order valence-electron chi connectivity index (χ0n) is 14.6. The summed E-state index contributed by atoms with van der Waals surface area (Å²) in [5, 5.41) is 7.87. The van der Waals surface area contributed by atoms with Crippen molar-refractivity contribution in [1.29, 1.82) is 0 Å². The molecule has 0 saturated carbocycles. The number of nitrogens with zero attached hydrogens (tertiary/aromatic N) is 2. The first-order valence-corrected chi connectivity index (χ1v) is 7.94. The Morgan fingerprint density at radius 3 is 2.24 bits per heavy atom. The lowest BCUT2D eigenvalue weighted by Crippen LogP contribution is -2.43. The molecule has 0 fully saturated rings. The van der Waals surface area contributed by atoms with Crippen LogP contribution in [-0.2, 0) is 28.6 Å². The molecule has 0 radical (unpaired) electrons. The van der Waals surface area contributed by atoms with Crippen LogP contribution in [0, 0.1) is 0 Å². The van der Waals surface area contributed by atoms with Crippen molar-refractivity contribution >= 4 is 23.6 Å². The van der Waals surface area contributed by atoms with E-state index in [4.69, 9.17) is 14.2 Å². The van der Waals surface area contributed by atoms with Gasteiger partial charge in [0.25, 0.3) is 0 Å².